The topological polar surface area (TPSA) is 24.1 Å². The van der Waals surface area contributed by atoms with Gasteiger partial charge in [-0.15, -0.1) is 0 Å². The molecule has 4 aliphatic carbocycles. The van der Waals surface area contributed by atoms with E-state index in [0.717, 1.165) is 42.7 Å². The molecular weight excluding hydrogens is 364 g/mol. The Morgan fingerprint density at radius 2 is 1.17 bits per heavy atom. The van der Waals surface area contributed by atoms with Gasteiger partial charge >= 0.3 is 0 Å². The summed E-state index contributed by atoms with van der Waals surface area (Å²) in [6.45, 7) is 1.14. The molecule has 6 unspecified atom stereocenters. The third kappa shape index (κ3) is 5.23. The van der Waals surface area contributed by atoms with Gasteiger partial charge in [0.15, 0.2) is 0 Å². The van der Waals surface area contributed by atoms with E-state index in [1.807, 2.05) is 0 Å². The highest BCUT2D eigenvalue weighted by molar-refractivity contribution is 5.45. The van der Waals surface area contributed by atoms with E-state index in [1.165, 1.54) is 101 Å². The van der Waals surface area contributed by atoms with Crippen LogP contribution in [0.3, 0.4) is 0 Å². The number of hydrogen-bond donors (Lipinski definition) is 2. The Hall–Kier alpha value is -1.02. The minimum absolute atomic E-state index is 0.701. The van der Waals surface area contributed by atoms with Crippen molar-refractivity contribution < 1.29 is 0 Å². The Kier molecular flexibility index (Phi) is 7.00. The zero-order valence-electron chi connectivity index (χ0n) is 19.1. The van der Waals surface area contributed by atoms with Crippen LogP contribution < -0.4 is 10.6 Å². The lowest BCUT2D eigenvalue weighted by Gasteiger charge is -2.39. The summed E-state index contributed by atoms with van der Waals surface area (Å²) >= 11 is 0. The average Bonchev–Trinajstić information content (AvgIpc) is 2.80. The number of nitrogens with one attached hydrogen (secondary N) is 2. The third-order valence-electron chi connectivity index (χ3n) is 9.25. The monoisotopic (exact) mass is 408 g/mol. The Labute approximate surface area is 185 Å². The Morgan fingerprint density at radius 3 is 1.83 bits per heavy atom. The lowest BCUT2D eigenvalue weighted by atomic mass is 9.69. The molecular formula is C28H44N2. The molecule has 1 aromatic rings. The van der Waals surface area contributed by atoms with Gasteiger partial charge in [-0.3, -0.25) is 0 Å². The van der Waals surface area contributed by atoms with E-state index in [1.54, 1.807) is 0 Å². The Balaban J connectivity index is 1.03. The molecule has 166 valence electrons. The van der Waals surface area contributed by atoms with Crippen LogP contribution >= 0.6 is 0 Å². The van der Waals surface area contributed by atoms with Gasteiger partial charge in [-0.2, -0.15) is 0 Å². The molecule has 30 heavy (non-hydrogen) atoms. The second-order valence-electron chi connectivity index (χ2n) is 11.2. The molecule has 0 saturated heterocycles. The summed E-state index contributed by atoms with van der Waals surface area (Å²) in [6.07, 6.45) is 21.6. The van der Waals surface area contributed by atoms with E-state index in [-0.39, 0.29) is 0 Å². The van der Waals surface area contributed by atoms with Crippen molar-refractivity contribution in [1.29, 1.82) is 0 Å². The van der Waals surface area contributed by atoms with Crippen molar-refractivity contribution in [2.75, 3.05) is 11.9 Å². The number of benzene rings is 1. The number of anilines is 1. The molecule has 0 radical (unpaired) electrons. The highest BCUT2D eigenvalue weighted by Crippen LogP contribution is 2.41. The average molecular weight is 409 g/mol. The molecule has 0 amide bonds. The third-order valence-corrected chi connectivity index (χ3v) is 9.25. The second kappa shape index (κ2) is 10.1. The minimum atomic E-state index is 0.701. The predicted molar refractivity (Wildman–Crippen MR) is 128 cm³/mol. The van der Waals surface area contributed by atoms with Gasteiger partial charge in [0.25, 0.3) is 0 Å². The standard InChI is InChI=1S/C28H44N2/c1-3-7-24-19-27(15-11-22(24)5-1)29-18-17-21-9-13-26(14-10-21)30-28-16-12-23-6-2-4-8-25(23)20-28/h9-10,13-14,22-25,27-30H,1-8,11-12,15-20H2. The summed E-state index contributed by atoms with van der Waals surface area (Å²) in [7, 11) is 0. The van der Waals surface area contributed by atoms with Gasteiger partial charge in [0, 0.05) is 17.8 Å². The quantitative estimate of drug-likeness (QED) is 0.532. The van der Waals surface area contributed by atoms with Crippen LogP contribution in [0.25, 0.3) is 0 Å². The summed E-state index contributed by atoms with van der Waals surface area (Å²) < 4.78 is 0. The molecule has 4 saturated carbocycles. The number of fused-ring (bicyclic) bond motifs is 2. The first kappa shape index (κ1) is 20.9. The number of rotatable bonds is 6. The molecule has 0 spiro atoms. The molecule has 4 fully saturated rings. The van der Waals surface area contributed by atoms with Crippen molar-refractivity contribution in [1.82, 2.24) is 5.32 Å². The van der Waals surface area contributed by atoms with Crippen molar-refractivity contribution in [3.63, 3.8) is 0 Å². The van der Waals surface area contributed by atoms with Crippen molar-refractivity contribution in [2.45, 2.75) is 108 Å². The van der Waals surface area contributed by atoms with Gasteiger partial charge in [0.2, 0.25) is 0 Å². The molecule has 1 aromatic carbocycles. The van der Waals surface area contributed by atoms with Crippen LogP contribution in [0.1, 0.15) is 95.5 Å². The maximum atomic E-state index is 3.89. The zero-order chi connectivity index (χ0) is 20.2. The van der Waals surface area contributed by atoms with Crippen LogP contribution in [0.2, 0.25) is 0 Å². The van der Waals surface area contributed by atoms with Crippen LogP contribution in [0, 0.1) is 23.7 Å². The fraction of sp³-hybridized carbons (Fsp3) is 0.786. The fourth-order valence-electron chi connectivity index (χ4n) is 7.49. The molecule has 0 aromatic heterocycles. The highest BCUT2D eigenvalue weighted by atomic mass is 14.9. The highest BCUT2D eigenvalue weighted by Gasteiger charge is 2.33. The lowest BCUT2D eigenvalue weighted by molar-refractivity contribution is 0.144. The molecule has 2 nitrogen and oxygen atoms in total. The summed E-state index contributed by atoms with van der Waals surface area (Å²) in [4.78, 5) is 0. The minimum Gasteiger partial charge on any atom is -0.382 e. The van der Waals surface area contributed by atoms with Crippen molar-refractivity contribution in [3.8, 4) is 0 Å². The van der Waals surface area contributed by atoms with Gasteiger partial charge in [-0.05, 0) is 92.9 Å². The van der Waals surface area contributed by atoms with Crippen molar-refractivity contribution in [3.05, 3.63) is 29.8 Å². The van der Waals surface area contributed by atoms with Gasteiger partial charge in [-0.25, -0.2) is 0 Å². The summed E-state index contributed by atoms with van der Waals surface area (Å²) in [6, 6.07) is 10.8. The SMILES string of the molecule is c1cc(NC2CCC3CCCCC3C2)ccc1CCNC1CCC2CCCCC2C1. The molecule has 4 aliphatic rings. The van der Waals surface area contributed by atoms with Crippen LogP contribution in [0.15, 0.2) is 24.3 Å². The first-order chi connectivity index (χ1) is 14.8. The van der Waals surface area contributed by atoms with E-state index in [2.05, 4.69) is 34.9 Å². The molecule has 2 N–H and O–H groups in total. The summed E-state index contributed by atoms with van der Waals surface area (Å²) in [5.74, 6) is 4.13. The van der Waals surface area contributed by atoms with Gasteiger partial charge in [0.1, 0.15) is 0 Å². The van der Waals surface area contributed by atoms with Gasteiger partial charge in [0.05, 0.1) is 0 Å². The van der Waals surface area contributed by atoms with E-state index in [4.69, 9.17) is 0 Å². The molecule has 6 atom stereocenters. The molecule has 0 aliphatic heterocycles. The lowest BCUT2D eigenvalue weighted by Crippen LogP contribution is -2.39. The van der Waals surface area contributed by atoms with Crippen LogP contribution in [0.5, 0.6) is 0 Å². The van der Waals surface area contributed by atoms with E-state index in [9.17, 15) is 0 Å². The fourth-order valence-corrected chi connectivity index (χ4v) is 7.49. The predicted octanol–water partition coefficient (Wildman–Crippen LogP) is 6.95. The Bertz CT molecular complexity index is 653. The summed E-state index contributed by atoms with van der Waals surface area (Å²) in [5.41, 5.74) is 2.82. The molecule has 0 bridgehead atoms. The zero-order valence-corrected chi connectivity index (χ0v) is 19.1. The smallest absolute Gasteiger partial charge is 0.0342 e. The first-order valence-corrected chi connectivity index (χ1v) is 13.4. The second-order valence-corrected chi connectivity index (χ2v) is 11.2. The van der Waals surface area contributed by atoms with Crippen molar-refractivity contribution in [2.24, 2.45) is 23.7 Å². The van der Waals surface area contributed by atoms with E-state index in [0.29, 0.717) is 6.04 Å². The van der Waals surface area contributed by atoms with E-state index >= 15 is 0 Å². The Morgan fingerprint density at radius 1 is 0.600 bits per heavy atom. The summed E-state index contributed by atoms with van der Waals surface area (Å²) in [5, 5.41) is 7.75. The van der Waals surface area contributed by atoms with Gasteiger partial charge < -0.3 is 10.6 Å². The van der Waals surface area contributed by atoms with Gasteiger partial charge in [-0.1, -0.05) is 63.5 Å². The molecule has 0 heterocycles. The maximum Gasteiger partial charge on any atom is 0.0342 e. The van der Waals surface area contributed by atoms with Crippen LogP contribution in [-0.2, 0) is 6.42 Å². The van der Waals surface area contributed by atoms with Crippen LogP contribution in [0.4, 0.5) is 5.69 Å². The van der Waals surface area contributed by atoms with E-state index < -0.39 is 0 Å². The maximum absolute atomic E-state index is 3.89. The van der Waals surface area contributed by atoms with Crippen molar-refractivity contribution >= 4 is 5.69 Å². The van der Waals surface area contributed by atoms with Crippen LogP contribution in [-0.4, -0.2) is 18.6 Å². The normalized spacial score (nSPS) is 36.5. The number of hydrogen-bond acceptors (Lipinski definition) is 2. The molecule has 5 rings (SSSR count). The molecule has 2 heteroatoms. The first-order valence-electron chi connectivity index (χ1n) is 13.4. The largest absolute Gasteiger partial charge is 0.382 e.